The molecule has 1 unspecified atom stereocenters. The molecule has 0 bridgehead atoms. The van der Waals surface area contributed by atoms with Gasteiger partial charge in [-0.05, 0) is 30.9 Å². The largest absolute Gasteiger partial charge is 0.492 e. The van der Waals surface area contributed by atoms with Crippen LogP contribution < -0.4 is 15.4 Å². The van der Waals surface area contributed by atoms with Gasteiger partial charge < -0.3 is 15.4 Å². The number of rotatable bonds is 4. The van der Waals surface area contributed by atoms with Gasteiger partial charge in [0.1, 0.15) is 12.4 Å². The highest BCUT2D eigenvalue weighted by molar-refractivity contribution is 5.80. The molecule has 0 aromatic heterocycles. The first-order chi connectivity index (χ1) is 11.7. The van der Waals surface area contributed by atoms with Gasteiger partial charge in [0.2, 0.25) is 11.8 Å². The third-order valence-electron chi connectivity index (χ3n) is 4.83. The van der Waals surface area contributed by atoms with Crippen LogP contribution in [0, 0.1) is 5.92 Å². The Kier molecular flexibility index (Phi) is 5.35. The van der Waals surface area contributed by atoms with Gasteiger partial charge in [-0.2, -0.15) is 0 Å². The molecule has 3 rings (SSSR count). The van der Waals surface area contributed by atoms with Crippen LogP contribution in [-0.2, 0) is 16.0 Å². The average Bonchev–Trinajstić information content (AvgIpc) is 2.62. The predicted octanol–water partition coefficient (Wildman–Crippen LogP) is 0.564. The van der Waals surface area contributed by atoms with Crippen molar-refractivity contribution < 1.29 is 14.3 Å². The summed E-state index contributed by atoms with van der Waals surface area (Å²) in [5, 5.41) is 5.80. The molecule has 130 valence electrons. The highest BCUT2D eigenvalue weighted by Gasteiger charge is 2.28. The Hall–Kier alpha value is -2.08. The average molecular weight is 331 g/mol. The van der Waals surface area contributed by atoms with E-state index in [0.717, 1.165) is 43.7 Å². The van der Waals surface area contributed by atoms with E-state index in [1.807, 2.05) is 24.3 Å². The SMILES string of the molecule is CNC(=O)CN1CCC(NC(=O)C2COc3ccccc3C2)CC1. The maximum Gasteiger partial charge on any atom is 0.233 e. The number of nitrogens with zero attached hydrogens (tertiary/aromatic N) is 1. The number of hydrogen-bond acceptors (Lipinski definition) is 4. The van der Waals surface area contributed by atoms with Crippen LogP contribution in [0.1, 0.15) is 18.4 Å². The van der Waals surface area contributed by atoms with Crippen molar-refractivity contribution in [2.24, 2.45) is 5.92 Å². The van der Waals surface area contributed by atoms with E-state index in [2.05, 4.69) is 15.5 Å². The number of fused-ring (bicyclic) bond motifs is 1. The third-order valence-corrected chi connectivity index (χ3v) is 4.83. The second-order valence-electron chi connectivity index (χ2n) is 6.55. The molecule has 2 heterocycles. The van der Waals surface area contributed by atoms with Crippen LogP contribution in [-0.4, -0.2) is 56.0 Å². The van der Waals surface area contributed by atoms with Crippen molar-refractivity contribution in [1.82, 2.24) is 15.5 Å². The van der Waals surface area contributed by atoms with Crippen LogP contribution in [0.5, 0.6) is 5.75 Å². The lowest BCUT2D eigenvalue weighted by molar-refractivity contribution is -0.128. The van der Waals surface area contributed by atoms with E-state index < -0.39 is 0 Å². The lowest BCUT2D eigenvalue weighted by Gasteiger charge is -2.33. The van der Waals surface area contributed by atoms with Crippen LogP contribution in [0.15, 0.2) is 24.3 Å². The zero-order chi connectivity index (χ0) is 16.9. The minimum absolute atomic E-state index is 0.0375. The predicted molar refractivity (Wildman–Crippen MR) is 90.8 cm³/mol. The second kappa shape index (κ2) is 7.66. The van der Waals surface area contributed by atoms with Gasteiger partial charge in [-0.15, -0.1) is 0 Å². The second-order valence-corrected chi connectivity index (χ2v) is 6.55. The number of para-hydroxylation sites is 1. The minimum Gasteiger partial charge on any atom is -0.492 e. The molecule has 2 aliphatic heterocycles. The van der Waals surface area contributed by atoms with Crippen molar-refractivity contribution in [2.45, 2.75) is 25.3 Å². The quantitative estimate of drug-likeness (QED) is 0.846. The van der Waals surface area contributed by atoms with E-state index in [-0.39, 0.29) is 23.8 Å². The number of benzene rings is 1. The summed E-state index contributed by atoms with van der Waals surface area (Å²) in [6, 6.07) is 8.09. The number of likely N-dealkylation sites (tertiary alicyclic amines) is 1. The topological polar surface area (TPSA) is 70.7 Å². The fourth-order valence-corrected chi connectivity index (χ4v) is 3.33. The highest BCUT2D eigenvalue weighted by Crippen LogP contribution is 2.27. The van der Waals surface area contributed by atoms with Gasteiger partial charge in [0, 0.05) is 26.2 Å². The Balaban J connectivity index is 1.46. The summed E-state index contributed by atoms with van der Waals surface area (Å²) in [5.74, 6) is 0.887. The van der Waals surface area contributed by atoms with Gasteiger partial charge >= 0.3 is 0 Å². The van der Waals surface area contributed by atoms with E-state index in [1.165, 1.54) is 0 Å². The number of carbonyl (C=O) groups is 2. The summed E-state index contributed by atoms with van der Waals surface area (Å²) in [4.78, 5) is 26.0. The summed E-state index contributed by atoms with van der Waals surface area (Å²) in [7, 11) is 1.65. The monoisotopic (exact) mass is 331 g/mol. The van der Waals surface area contributed by atoms with Crippen molar-refractivity contribution in [1.29, 1.82) is 0 Å². The number of ether oxygens (including phenoxy) is 1. The molecular formula is C18H25N3O3. The summed E-state index contributed by atoms with van der Waals surface area (Å²) < 4.78 is 5.71. The number of nitrogens with one attached hydrogen (secondary N) is 2. The number of amides is 2. The van der Waals surface area contributed by atoms with E-state index >= 15 is 0 Å². The van der Waals surface area contributed by atoms with E-state index in [9.17, 15) is 9.59 Å². The van der Waals surface area contributed by atoms with Crippen molar-refractivity contribution in [2.75, 3.05) is 33.3 Å². The Morgan fingerprint density at radius 2 is 2.00 bits per heavy atom. The fraction of sp³-hybridized carbons (Fsp3) is 0.556. The normalized spacial score (nSPS) is 21.5. The van der Waals surface area contributed by atoms with Gasteiger partial charge in [-0.1, -0.05) is 18.2 Å². The minimum atomic E-state index is -0.121. The zero-order valence-corrected chi connectivity index (χ0v) is 14.1. The van der Waals surface area contributed by atoms with Crippen molar-refractivity contribution in [3.63, 3.8) is 0 Å². The van der Waals surface area contributed by atoms with Crippen molar-refractivity contribution in [3.05, 3.63) is 29.8 Å². The van der Waals surface area contributed by atoms with Crippen LogP contribution in [0.4, 0.5) is 0 Å². The molecule has 2 aliphatic rings. The molecule has 0 aliphatic carbocycles. The third kappa shape index (κ3) is 4.06. The highest BCUT2D eigenvalue weighted by atomic mass is 16.5. The summed E-state index contributed by atoms with van der Waals surface area (Å²) in [6.45, 7) is 2.55. The van der Waals surface area contributed by atoms with Gasteiger partial charge in [0.15, 0.2) is 0 Å². The maximum atomic E-state index is 12.5. The van der Waals surface area contributed by atoms with Gasteiger partial charge in [-0.25, -0.2) is 0 Å². The molecule has 6 nitrogen and oxygen atoms in total. The molecule has 0 spiro atoms. The Morgan fingerprint density at radius 3 is 2.75 bits per heavy atom. The zero-order valence-electron chi connectivity index (χ0n) is 14.1. The lowest BCUT2D eigenvalue weighted by atomic mass is 9.95. The summed E-state index contributed by atoms with van der Waals surface area (Å²) in [5.41, 5.74) is 1.10. The summed E-state index contributed by atoms with van der Waals surface area (Å²) in [6.07, 6.45) is 2.50. The van der Waals surface area contributed by atoms with Gasteiger partial charge in [0.05, 0.1) is 12.5 Å². The number of carbonyl (C=O) groups excluding carboxylic acids is 2. The molecule has 6 heteroatoms. The van der Waals surface area contributed by atoms with E-state index in [1.54, 1.807) is 7.05 Å². The molecule has 1 atom stereocenters. The van der Waals surface area contributed by atoms with E-state index in [0.29, 0.717) is 13.2 Å². The Labute approximate surface area is 142 Å². The standard InChI is InChI=1S/C18H25N3O3/c1-19-17(22)11-21-8-6-15(7-9-21)20-18(23)14-10-13-4-2-3-5-16(13)24-12-14/h2-5,14-15H,6-12H2,1H3,(H,19,22)(H,20,23). The van der Waals surface area contributed by atoms with Crippen LogP contribution in [0.25, 0.3) is 0 Å². The molecule has 1 aromatic rings. The number of likely N-dealkylation sites (N-methyl/N-ethyl adjacent to an activating group) is 1. The first-order valence-electron chi connectivity index (χ1n) is 8.59. The Bertz CT molecular complexity index is 597. The van der Waals surface area contributed by atoms with Gasteiger partial charge in [-0.3, -0.25) is 14.5 Å². The number of piperidine rings is 1. The first kappa shape index (κ1) is 16.8. The smallest absolute Gasteiger partial charge is 0.233 e. The molecule has 0 radical (unpaired) electrons. The molecule has 2 amide bonds. The molecule has 0 saturated carbocycles. The molecule has 1 fully saturated rings. The molecule has 2 N–H and O–H groups in total. The molecule has 1 aromatic carbocycles. The fourth-order valence-electron chi connectivity index (χ4n) is 3.33. The maximum absolute atomic E-state index is 12.5. The van der Waals surface area contributed by atoms with Crippen molar-refractivity contribution >= 4 is 11.8 Å². The summed E-state index contributed by atoms with van der Waals surface area (Å²) >= 11 is 0. The Morgan fingerprint density at radius 1 is 1.25 bits per heavy atom. The van der Waals surface area contributed by atoms with Crippen LogP contribution >= 0.6 is 0 Å². The molecule has 24 heavy (non-hydrogen) atoms. The lowest BCUT2D eigenvalue weighted by Crippen LogP contribution is -2.49. The van der Waals surface area contributed by atoms with Crippen molar-refractivity contribution in [3.8, 4) is 5.75 Å². The first-order valence-corrected chi connectivity index (χ1v) is 8.59. The van der Waals surface area contributed by atoms with Gasteiger partial charge in [0.25, 0.3) is 0 Å². The van der Waals surface area contributed by atoms with Crippen LogP contribution in [0.3, 0.4) is 0 Å². The molecule has 1 saturated heterocycles. The molecular weight excluding hydrogens is 306 g/mol. The number of hydrogen-bond donors (Lipinski definition) is 2. The van der Waals surface area contributed by atoms with E-state index in [4.69, 9.17) is 4.74 Å². The van der Waals surface area contributed by atoms with Crippen LogP contribution in [0.2, 0.25) is 0 Å².